The van der Waals surface area contributed by atoms with Gasteiger partial charge in [0, 0.05) is 13.1 Å². The smallest absolute Gasteiger partial charge is 0.233 e. The molecule has 0 spiro atoms. The summed E-state index contributed by atoms with van der Waals surface area (Å²) in [6, 6.07) is 0. The molecule has 2 N–H and O–H groups in total. The quantitative estimate of drug-likeness (QED) is 0.583. The van der Waals surface area contributed by atoms with Crippen molar-refractivity contribution in [3.8, 4) is 0 Å². The van der Waals surface area contributed by atoms with Crippen molar-refractivity contribution in [2.45, 2.75) is 60.7 Å². The highest BCUT2D eigenvalue weighted by Gasteiger charge is 2.20. The largest absolute Gasteiger partial charge is 0.355 e. The minimum absolute atomic E-state index is 0.00420. The molecule has 0 saturated carbocycles. The molecule has 1 heterocycles. The third-order valence-corrected chi connectivity index (χ3v) is 6.34. The number of carbonyl (C=O) groups excluding carboxylic acids is 2. The van der Waals surface area contributed by atoms with Gasteiger partial charge in [0.2, 0.25) is 11.8 Å². The number of amides is 2. The summed E-state index contributed by atoms with van der Waals surface area (Å²) in [5.41, 5.74) is 0. The normalized spacial score (nSPS) is 13.8. The lowest BCUT2D eigenvalue weighted by Gasteiger charge is -2.12. The van der Waals surface area contributed by atoms with E-state index < -0.39 is 0 Å². The lowest BCUT2D eigenvalue weighted by atomic mass is 10.2. The van der Waals surface area contributed by atoms with Crippen LogP contribution in [0.15, 0.2) is 8.68 Å². The first-order valence-corrected chi connectivity index (χ1v) is 11.0. The first-order valence-electron chi connectivity index (χ1n) is 8.41. The molecular formula is C16H28N4O2S3. The zero-order valence-electron chi connectivity index (χ0n) is 15.7. The van der Waals surface area contributed by atoms with Gasteiger partial charge in [0.25, 0.3) is 0 Å². The van der Waals surface area contributed by atoms with E-state index in [1.54, 1.807) is 0 Å². The second-order valence-electron chi connectivity index (χ2n) is 6.63. The molecule has 0 unspecified atom stereocenters. The van der Waals surface area contributed by atoms with Crippen LogP contribution >= 0.6 is 34.9 Å². The molecule has 9 heteroatoms. The van der Waals surface area contributed by atoms with Gasteiger partial charge >= 0.3 is 0 Å². The fraction of sp³-hybridized carbons (Fsp3) is 0.750. The number of nitrogens with zero attached hydrogens (tertiary/aromatic N) is 2. The van der Waals surface area contributed by atoms with Crippen molar-refractivity contribution >= 4 is 46.7 Å². The Morgan fingerprint density at radius 3 is 1.52 bits per heavy atom. The molecule has 0 aliphatic heterocycles. The molecule has 6 nitrogen and oxygen atoms in total. The molecule has 0 saturated heterocycles. The molecule has 2 atom stereocenters. The summed E-state index contributed by atoms with van der Waals surface area (Å²) in [5, 5.41) is 13.6. The van der Waals surface area contributed by atoms with Crippen molar-refractivity contribution in [2.75, 3.05) is 13.1 Å². The summed E-state index contributed by atoms with van der Waals surface area (Å²) in [4.78, 5) is 24.0. The predicted molar refractivity (Wildman–Crippen MR) is 106 cm³/mol. The van der Waals surface area contributed by atoms with Gasteiger partial charge in [-0.15, -0.1) is 10.2 Å². The molecule has 0 bridgehead atoms. The average Bonchev–Trinajstić information content (AvgIpc) is 2.96. The summed E-state index contributed by atoms with van der Waals surface area (Å²) in [7, 11) is 0. The molecule has 0 aliphatic carbocycles. The lowest BCUT2D eigenvalue weighted by molar-refractivity contribution is -0.121. The van der Waals surface area contributed by atoms with E-state index in [4.69, 9.17) is 0 Å². The minimum atomic E-state index is -0.226. The van der Waals surface area contributed by atoms with E-state index in [1.807, 2.05) is 13.8 Å². The molecule has 1 aromatic heterocycles. The fourth-order valence-corrected chi connectivity index (χ4v) is 4.96. The average molecular weight is 405 g/mol. The van der Waals surface area contributed by atoms with Crippen LogP contribution in [0.4, 0.5) is 0 Å². The number of nitrogens with one attached hydrogen (secondary N) is 2. The lowest BCUT2D eigenvalue weighted by Crippen LogP contribution is -2.33. The molecule has 1 rings (SSSR count). The van der Waals surface area contributed by atoms with Gasteiger partial charge in [-0.1, -0.05) is 62.6 Å². The molecule has 1 aromatic rings. The van der Waals surface area contributed by atoms with Crippen molar-refractivity contribution in [1.82, 2.24) is 20.8 Å². The highest BCUT2D eigenvalue weighted by molar-refractivity contribution is 8.04. The van der Waals surface area contributed by atoms with Gasteiger partial charge in [0.1, 0.15) is 0 Å². The Hall–Kier alpha value is -0.800. The Kier molecular flexibility index (Phi) is 9.81. The Balaban J connectivity index is 2.47. The fourth-order valence-electron chi connectivity index (χ4n) is 1.60. The number of rotatable bonds is 10. The Bertz CT molecular complexity index is 517. The molecule has 2 amide bonds. The molecule has 0 aromatic carbocycles. The summed E-state index contributed by atoms with van der Waals surface area (Å²) < 4.78 is 1.48. The summed E-state index contributed by atoms with van der Waals surface area (Å²) in [5.74, 6) is 0.858. The highest BCUT2D eigenvalue weighted by Crippen LogP contribution is 2.33. The number of hydrogen-bond donors (Lipinski definition) is 2. The van der Waals surface area contributed by atoms with E-state index in [0.717, 1.165) is 8.68 Å². The van der Waals surface area contributed by atoms with E-state index in [1.165, 1.54) is 34.9 Å². The van der Waals surface area contributed by atoms with Crippen LogP contribution in [0.5, 0.6) is 0 Å². The molecule has 142 valence electrons. The third-order valence-electron chi connectivity index (χ3n) is 3.05. The molecule has 0 aliphatic rings. The van der Waals surface area contributed by atoms with E-state index in [0.29, 0.717) is 24.9 Å². The molecular weight excluding hydrogens is 376 g/mol. The van der Waals surface area contributed by atoms with Crippen LogP contribution < -0.4 is 10.6 Å². The van der Waals surface area contributed by atoms with Crippen LogP contribution in [0.1, 0.15) is 41.5 Å². The Labute approximate surface area is 162 Å². The van der Waals surface area contributed by atoms with Gasteiger partial charge < -0.3 is 10.6 Å². The SMILES string of the molecule is CC(C)CNC(=O)[C@H](C)Sc1nnc(S[C@@H](C)C(=O)NCC(C)C)s1. The first-order chi connectivity index (χ1) is 11.7. The molecule has 0 radical (unpaired) electrons. The first kappa shape index (κ1) is 22.2. The van der Waals surface area contributed by atoms with E-state index in [-0.39, 0.29) is 22.3 Å². The number of thioether (sulfide) groups is 2. The van der Waals surface area contributed by atoms with Crippen LogP contribution in [0.2, 0.25) is 0 Å². The van der Waals surface area contributed by atoms with E-state index in [9.17, 15) is 9.59 Å². The highest BCUT2D eigenvalue weighted by atomic mass is 32.2. The van der Waals surface area contributed by atoms with Gasteiger partial charge in [-0.3, -0.25) is 9.59 Å². The Morgan fingerprint density at radius 1 is 0.840 bits per heavy atom. The second kappa shape index (κ2) is 11.0. The van der Waals surface area contributed by atoms with Crippen molar-refractivity contribution in [2.24, 2.45) is 11.8 Å². The van der Waals surface area contributed by atoms with Gasteiger partial charge in [-0.2, -0.15) is 0 Å². The van der Waals surface area contributed by atoms with Crippen LogP contribution in [-0.4, -0.2) is 45.6 Å². The van der Waals surface area contributed by atoms with Crippen molar-refractivity contribution in [3.63, 3.8) is 0 Å². The Morgan fingerprint density at radius 2 is 1.20 bits per heavy atom. The van der Waals surface area contributed by atoms with Crippen LogP contribution in [0.25, 0.3) is 0 Å². The summed E-state index contributed by atoms with van der Waals surface area (Å²) >= 11 is 4.20. The number of hydrogen-bond acceptors (Lipinski definition) is 7. The van der Waals surface area contributed by atoms with E-state index in [2.05, 4.69) is 48.5 Å². The molecule has 0 fully saturated rings. The summed E-state index contributed by atoms with van der Waals surface area (Å²) in [6.45, 7) is 13.3. The van der Waals surface area contributed by atoms with Crippen LogP contribution in [0, 0.1) is 11.8 Å². The van der Waals surface area contributed by atoms with Crippen molar-refractivity contribution < 1.29 is 9.59 Å². The maximum absolute atomic E-state index is 12.0. The minimum Gasteiger partial charge on any atom is -0.355 e. The van der Waals surface area contributed by atoms with E-state index >= 15 is 0 Å². The van der Waals surface area contributed by atoms with Crippen molar-refractivity contribution in [3.05, 3.63) is 0 Å². The van der Waals surface area contributed by atoms with Crippen molar-refractivity contribution in [1.29, 1.82) is 0 Å². The second-order valence-corrected chi connectivity index (χ2v) is 10.8. The van der Waals surface area contributed by atoms with Gasteiger partial charge in [0.05, 0.1) is 10.5 Å². The number of aromatic nitrogens is 2. The maximum Gasteiger partial charge on any atom is 0.233 e. The van der Waals surface area contributed by atoms with Gasteiger partial charge in [0.15, 0.2) is 8.68 Å². The van der Waals surface area contributed by atoms with Crippen LogP contribution in [-0.2, 0) is 9.59 Å². The third kappa shape index (κ3) is 8.91. The standard InChI is InChI=1S/C16H28N4O2S3/c1-9(2)7-17-13(21)11(5)23-15-19-20-16(25-15)24-12(6)14(22)18-8-10(3)4/h9-12H,7-8H2,1-6H3,(H,17,21)(H,18,22)/t11-,12-/m0/s1. The van der Waals surface area contributed by atoms with Gasteiger partial charge in [-0.05, 0) is 25.7 Å². The predicted octanol–water partition coefficient (Wildman–Crippen LogP) is 3.04. The molecule has 25 heavy (non-hydrogen) atoms. The monoisotopic (exact) mass is 404 g/mol. The zero-order chi connectivity index (χ0) is 19.0. The summed E-state index contributed by atoms with van der Waals surface area (Å²) in [6.07, 6.45) is 0. The maximum atomic E-state index is 12.0. The zero-order valence-corrected chi connectivity index (χ0v) is 18.1. The van der Waals surface area contributed by atoms with Gasteiger partial charge in [-0.25, -0.2) is 0 Å². The number of carbonyl (C=O) groups is 2. The topological polar surface area (TPSA) is 84.0 Å². The van der Waals surface area contributed by atoms with Crippen LogP contribution in [0.3, 0.4) is 0 Å².